The van der Waals surface area contributed by atoms with Crippen molar-refractivity contribution in [2.45, 2.75) is 31.7 Å². The van der Waals surface area contributed by atoms with E-state index in [4.69, 9.17) is 0 Å². The molecule has 0 spiro atoms. The molecular formula is C11H20N2O2. The summed E-state index contributed by atoms with van der Waals surface area (Å²) in [7, 11) is 0. The molecule has 1 saturated carbocycles. The van der Waals surface area contributed by atoms with Gasteiger partial charge in [-0.15, -0.1) is 0 Å². The Morgan fingerprint density at radius 1 is 1.53 bits per heavy atom. The smallest absolute Gasteiger partial charge is 0.225 e. The molecule has 1 aliphatic carbocycles. The molecule has 1 aliphatic heterocycles. The minimum atomic E-state index is -0.292. The molecule has 1 amide bonds. The summed E-state index contributed by atoms with van der Waals surface area (Å²) in [6.45, 7) is 3.86. The average molecular weight is 212 g/mol. The average Bonchev–Trinajstić information content (AvgIpc) is 2.58. The van der Waals surface area contributed by atoms with E-state index in [9.17, 15) is 9.90 Å². The van der Waals surface area contributed by atoms with E-state index in [0.717, 1.165) is 32.4 Å². The number of rotatable bonds is 3. The maximum atomic E-state index is 12.0. The summed E-state index contributed by atoms with van der Waals surface area (Å²) in [5, 5.41) is 15.5. The van der Waals surface area contributed by atoms with Crippen molar-refractivity contribution in [2.24, 2.45) is 11.8 Å². The molecule has 3 N–H and O–H groups in total. The van der Waals surface area contributed by atoms with Gasteiger partial charge in [-0.25, -0.2) is 0 Å². The number of hydrogen-bond donors (Lipinski definition) is 3. The van der Waals surface area contributed by atoms with E-state index in [0.29, 0.717) is 5.92 Å². The zero-order chi connectivity index (χ0) is 10.9. The van der Waals surface area contributed by atoms with Crippen molar-refractivity contribution >= 4 is 5.91 Å². The number of amides is 1. The van der Waals surface area contributed by atoms with Crippen LogP contribution in [0.4, 0.5) is 0 Å². The van der Waals surface area contributed by atoms with E-state index in [1.54, 1.807) is 0 Å². The summed E-state index contributed by atoms with van der Waals surface area (Å²) in [5.74, 6) is 0.594. The van der Waals surface area contributed by atoms with Crippen molar-refractivity contribution in [3.8, 4) is 0 Å². The maximum Gasteiger partial charge on any atom is 0.225 e. The van der Waals surface area contributed by atoms with E-state index in [1.165, 1.54) is 0 Å². The number of aliphatic hydroxyl groups is 1. The van der Waals surface area contributed by atoms with Gasteiger partial charge in [0.05, 0.1) is 18.1 Å². The van der Waals surface area contributed by atoms with E-state index >= 15 is 0 Å². The van der Waals surface area contributed by atoms with Crippen molar-refractivity contribution in [1.82, 2.24) is 10.6 Å². The zero-order valence-corrected chi connectivity index (χ0v) is 9.25. The Bertz CT molecular complexity index is 245. The molecule has 0 bridgehead atoms. The van der Waals surface area contributed by atoms with Gasteiger partial charge in [-0.2, -0.15) is 0 Å². The predicted octanol–water partition coefficient (Wildman–Crippen LogP) is -0.127. The Morgan fingerprint density at radius 2 is 2.27 bits per heavy atom. The van der Waals surface area contributed by atoms with Crippen LogP contribution in [0.2, 0.25) is 0 Å². The highest BCUT2D eigenvalue weighted by atomic mass is 16.3. The van der Waals surface area contributed by atoms with E-state index in [-0.39, 0.29) is 24.0 Å². The molecule has 4 heteroatoms. The number of aliphatic hydroxyl groups excluding tert-OH is 1. The van der Waals surface area contributed by atoms with Gasteiger partial charge in [0.1, 0.15) is 0 Å². The van der Waals surface area contributed by atoms with Crippen molar-refractivity contribution < 1.29 is 9.90 Å². The molecule has 2 atom stereocenters. The van der Waals surface area contributed by atoms with E-state index in [1.807, 2.05) is 0 Å². The van der Waals surface area contributed by atoms with Gasteiger partial charge in [0.25, 0.3) is 0 Å². The topological polar surface area (TPSA) is 61.4 Å². The molecule has 0 aromatic rings. The number of nitrogens with one attached hydrogen (secondary N) is 2. The fourth-order valence-electron chi connectivity index (χ4n) is 2.44. The fraction of sp³-hybridized carbons (Fsp3) is 0.909. The molecule has 1 saturated heterocycles. The Hall–Kier alpha value is -0.610. The van der Waals surface area contributed by atoms with E-state index < -0.39 is 0 Å². The molecule has 86 valence electrons. The second kappa shape index (κ2) is 4.10. The lowest BCUT2D eigenvalue weighted by atomic mass is 9.77. The van der Waals surface area contributed by atoms with Crippen LogP contribution >= 0.6 is 0 Å². The first-order chi connectivity index (χ1) is 7.17. The zero-order valence-electron chi connectivity index (χ0n) is 9.25. The molecule has 2 aliphatic rings. The maximum absolute atomic E-state index is 12.0. The first kappa shape index (κ1) is 10.9. The summed E-state index contributed by atoms with van der Waals surface area (Å²) in [6, 6.07) is 0. The van der Waals surface area contributed by atoms with Gasteiger partial charge < -0.3 is 15.7 Å². The normalized spacial score (nSPS) is 33.5. The lowest BCUT2D eigenvalue weighted by Gasteiger charge is -2.41. The van der Waals surface area contributed by atoms with Gasteiger partial charge in [-0.3, -0.25) is 4.79 Å². The van der Waals surface area contributed by atoms with Crippen LogP contribution in [0.3, 0.4) is 0 Å². The Kier molecular flexibility index (Phi) is 2.98. The van der Waals surface area contributed by atoms with Crippen LogP contribution in [0.5, 0.6) is 0 Å². The molecule has 2 fully saturated rings. The fourth-order valence-corrected chi connectivity index (χ4v) is 2.44. The standard InChI is InChI=1S/C11H20N2O2/c1-8-5-12-6-9(8)10(15)13-11(7-14)3-2-4-11/h8-9,12,14H,2-7H2,1H3,(H,13,15). The summed E-state index contributed by atoms with van der Waals surface area (Å²) in [6.07, 6.45) is 2.95. The predicted molar refractivity (Wildman–Crippen MR) is 57.3 cm³/mol. The number of carbonyl (C=O) groups excluding carboxylic acids is 1. The van der Waals surface area contributed by atoms with Gasteiger partial charge >= 0.3 is 0 Å². The quantitative estimate of drug-likeness (QED) is 0.611. The largest absolute Gasteiger partial charge is 0.394 e. The van der Waals surface area contributed by atoms with E-state index in [2.05, 4.69) is 17.6 Å². The molecule has 2 unspecified atom stereocenters. The molecule has 2 rings (SSSR count). The van der Waals surface area contributed by atoms with Gasteiger partial charge in [-0.05, 0) is 31.7 Å². The SMILES string of the molecule is CC1CNCC1C(=O)NC1(CO)CCC1. The Labute approximate surface area is 90.4 Å². The lowest BCUT2D eigenvalue weighted by molar-refractivity contribution is -0.129. The first-order valence-corrected chi connectivity index (χ1v) is 5.80. The third-order valence-electron chi connectivity index (χ3n) is 3.86. The first-order valence-electron chi connectivity index (χ1n) is 5.80. The Balaban J connectivity index is 1.91. The van der Waals surface area contributed by atoms with Gasteiger partial charge in [0.2, 0.25) is 5.91 Å². The molecule has 0 aromatic carbocycles. The van der Waals surface area contributed by atoms with Crippen LogP contribution < -0.4 is 10.6 Å². The van der Waals surface area contributed by atoms with Crippen molar-refractivity contribution in [3.05, 3.63) is 0 Å². The van der Waals surface area contributed by atoms with Crippen LogP contribution in [-0.4, -0.2) is 36.2 Å². The third kappa shape index (κ3) is 2.01. The lowest BCUT2D eigenvalue weighted by Crippen LogP contribution is -2.58. The highest BCUT2D eigenvalue weighted by Gasteiger charge is 2.40. The van der Waals surface area contributed by atoms with Gasteiger partial charge in [-0.1, -0.05) is 6.92 Å². The van der Waals surface area contributed by atoms with Gasteiger partial charge in [0, 0.05) is 6.54 Å². The molecule has 1 heterocycles. The molecule has 4 nitrogen and oxygen atoms in total. The van der Waals surface area contributed by atoms with Crippen LogP contribution in [0.15, 0.2) is 0 Å². The molecular weight excluding hydrogens is 192 g/mol. The second-order valence-corrected chi connectivity index (χ2v) is 5.02. The van der Waals surface area contributed by atoms with Crippen molar-refractivity contribution in [3.63, 3.8) is 0 Å². The molecule has 0 radical (unpaired) electrons. The Morgan fingerprint density at radius 3 is 2.67 bits per heavy atom. The van der Waals surface area contributed by atoms with Crippen LogP contribution in [0, 0.1) is 11.8 Å². The van der Waals surface area contributed by atoms with Crippen LogP contribution in [0.1, 0.15) is 26.2 Å². The number of carbonyl (C=O) groups is 1. The highest BCUT2D eigenvalue weighted by molar-refractivity contribution is 5.80. The second-order valence-electron chi connectivity index (χ2n) is 5.02. The van der Waals surface area contributed by atoms with Crippen LogP contribution in [-0.2, 0) is 4.79 Å². The minimum absolute atomic E-state index is 0.0767. The third-order valence-corrected chi connectivity index (χ3v) is 3.86. The van der Waals surface area contributed by atoms with Crippen LogP contribution in [0.25, 0.3) is 0 Å². The number of hydrogen-bond acceptors (Lipinski definition) is 3. The molecule has 0 aromatic heterocycles. The highest BCUT2D eigenvalue weighted by Crippen LogP contribution is 2.32. The monoisotopic (exact) mass is 212 g/mol. The summed E-state index contributed by atoms with van der Waals surface area (Å²) in [5.41, 5.74) is -0.292. The van der Waals surface area contributed by atoms with Gasteiger partial charge in [0.15, 0.2) is 0 Å². The summed E-state index contributed by atoms with van der Waals surface area (Å²) in [4.78, 5) is 12.0. The summed E-state index contributed by atoms with van der Waals surface area (Å²) < 4.78 is 0. The van der Waals surface area contributed by atoms with Crippen molar-refractivity contribution in [2.75, 3.05) is 19.7 Å². The summed E-state index contributed by atoms with van der Waals surface area (Å²) >= 11 is 0. The molecule has 15 heavy (non-hydrogen) atoms. The minimum Gasteiger partial charge on any atom is -0.394 e. The van der Waals surface area contributed by atoms with Crippen molar-refractivity contribution in [1.29, 1.82) is 0 Å².